The van der Waals surface area contributed by atoms with Crippen molar-refractivity contribution in [3.8, 4) is 11.5 Å². The minimum atomic E-state index is -0.407. The van der Waals surface area contributed by atoms with E-state index in [1.54, 1.807) is 6.20 Å². The first-order chi connectivity index (χ1) is 11.8. The zero-order valence-electron chi connectivity index (χ0n) is 14.7. The Hall–Kier alpha value is -1.16. The van der Waals surface area contributed by atoms with E-state index in [9.17, 15) is 5.11 Å². The topological polar surface area (TPSA) is 83.2 Å². The van der Waals surface area contributed by atoms with E-state index in [0.29, 0.717) is 13.1 Å². The van der Waals surface area contributed by atoms with Crippen molar-refractivity contribution in [3.63, 3.8) is 0 Å². The van der Waals surface area contributed by atoms with Gasteiger partial charge in [-0.2, -0.15) is 5.10 Å². The van der Waals surface area contributed by atoms with E-state index in [4.69, 9.17) is 0 Å². The summed E-state index contributed by atoms with van der Waals surface area (Å²) in [6.45, 7) is 7.91. The summed E-state index contributed by atoms with van der Waals surface area (Å²) < 4.78 is 4.05. The second-order valence-electron chi connectivity index (χ2n) is 6.53. The van der Waals surface area contributed by atoms with Gasteiger partial charge in [0.05, 0.1) is 24.9 Å². The minimum Gasteiger partial charge on any atom is -0.390 e. The molecular weight excluding hydrogens is 377 g/mol. The van der Waals surface area contributed by atoms with Gasteiger partial charge in [-0.1, -0.05) is 0 Å². The fraction of sp³-hybridized carbons (Fsp3) is 0.625. The van der Waals surface area contributed by atoms with Gasteiger partial charge in [-0.3, -0.25) is 9.58 Å². The molecule has 1 unspecified atom stereocenters. The fourth-order valence-corrected chi connectivity index (χ4v) is 3.47. The molecular formula is C16H27Cl2N7O. The highest BCUT2D eigenvalue weighted by atomic mass is 35.5. The summed E-state index contributed by atoms with van der Waals surface area (Å²) in [4.78, 5) is 6.77. The third-order valence-corrected chi connectivity index (χ3v) is 4.70. The largest absolute Gasteiger partial charge is 0.390 e. The number of aliphatic hydroxyl groups excluding tert-OH is 1. The van der Waals surface area contributed by atoms with Gasteiger partial charge in [0.1, 0.15) is 5.69 Å². The van der Waals surface area contributed by atoms with E-state index in [1.807, 2.05) is 15.4 Å². The van der Waals surface area contributed by atoms with Gasteiger partial charge in [-0.25, -0.2) is 4.98 Å². The van der Waals surface area contributed by atoms with Crippen molar-refractivity contribution in [2.75, 3.05) is 39.3 Å². The number of fused-ring (bicyclic) bond motifs is 1. The van der Waals surface area contributed by atoms with E-state index in [-0.39, 0.29) is 24.8 Å². The van der Waals surface area contributed by atoms with Gasteiger partial charge >= 0.3 is 0 Å². The summed E-state index contributed by atoms with van der Waals surface area (Å²) in [6.07, 6.45) is 3.30. The molecule has 4 heterocycles. The summed E-state index contributed by atoms with van der Waals surface area (Å²) in [6, 6.07) is 2.09. The van der Waals surface area contributed by atoms with Crippen LogP contribution in [0.5, 0.6) is 0 Å². The molecule has 0 bridgehead atoms. The number of rotatable bonds is 5. The maximum atomic E-state index is 10.5. The molecule has 2 aliphatic heterocycles. The van der Waals surface area contributed by atoms with Crippen LogP contribution < -0.4 is 10.6 Å². The summed E-state index contributed by atoms with van der Waals surface area (Å²) in [5.74, 6) is 0.830. The Bertz CT molecular complexity index is 660. The number of piperazine rings is 1. The highest BCUT2D eigenvalue weighted by Gasteiger charge is 2.19. The monoisotopic (exact) mass is 403 g/mol. The van der Waals surface area contributed by atoms with Crippen molar-refractivity contribution in [1.82, 2.24) is 34.9 Å². The molecule has 4 rings (SSSR count). The molecule has 0 radical (unpaired) electrons. The molecule has 0 aromatic carbocycles. The molecule has 1 atom stereocenters. The van der Waals surface area contributed by atoms with E-state index in [1.165, 1.54) is 5.69 Å². The molecule has 0 spiro atoms. The van der Waals surface area contributed by atoms with Gasteiger partial charge < -0.3 is 20.3 Å². The average Bonchev–Trinajstić information content (AvgIpc) is 3.21. The van der Waals surface area contributed by atoms with Gasteiger partial charge in [0.15, 0.2) is 5.82 Å². The molecule has 2 aromatic rings. The van der Waals surface area contributed by atoms with Crippen LogP contribution in [-0.2, 0) is 19.6 Å². The normalized spacial score (nSPS) is 18.5. The van der Waals surface area contributed by atoms with Crippen molar-refractivity contribution < 1.29 is 5.11 Å². The lowest BCUT2D eigenvalue weighted by atomic mass is 10.2. The first-order valence-corrected chi connectivity index (χ1v) is 8.70. The van der Waals surface area contributed by atoms with Crippen LogP contribution in [0.15, 0.2) is 18.5 Å². The lowest BCUT2D eigenvalue weighted by Gasteiger charge is -2.29. The third-order valence-electron chi connectivity index (χ3n) is 4.70. The predicted octanol–water partition coefficient (Wildman–Crippen LogP) is -0.0405. The predicted molar refractivity (Wildman–Crippen MR) is 105 cm³/mol. The molecule has 1 saturated heterocycles. The van der Waals surface area contributed by atoms with Gasteiger partial charge in [0.25, 0.3) is 0 Å². The van der Waals surface area contributed by atoms with Gasteiger partial charge in [-0.05, 0) is 6.07 Å². The molecule has 2 aliphatic rings. The van der Waals surface area contributed by atoms with Crippen LogP contribution in [0.2, 0.25) is 0 Å². The Kier molecular flexibility index (Phi) is 7.87. The SMILES string of the molecule is Cl.Cl.OC(CN1CCNCC1)Cn1ccnc1-c1cc2n(n1)CCNC2. The van der Waals surface area contributed by atoms with Crippen molar-refractivity contribution in [2.24, 2.45) is 0 Å². The van der Waals surface area contributed by atoms with Crippen molar-refractivity contribution in [3.05, 3.63) is 24.2 Å². The fourth-order valence-electron chi connectivity index (χ4n) is 3.47. The lowest BCUT2D eigenvalue weighted by molar-refractivity contribution is 0.0921. The lowest BCUT2D eigenvalue weighted by Crippen LogP contribution is -2.46. The smallest absolute Gasteiger partial charge is 0.160 e. The Labute approximate surface area is 165 Å². The van der Waals surface area contributed by atoms with E-state index in [2.05, 4.69) is 31.7 Å². The Morgan fingerprint density at radius 3 is 2.62 bits per heavy atom. The molecule has 146 valence electrons. The summed E-state index contributed by atoms with van der Waals surface area (Å²) in [5, 5.41) is 21.8. The van der Waals surface area contributed by atoms with Crippen LogP contribution in [0.1, 0.15) is 5.69 Å². The maximum Gasteiger partial charge on any atom is 0.160 e. The van der Waals surface area contributed by atoms with Crippen LogP contribution in [0.3, 0.4) is 0 Å². The number of halogens is 2. The van der Waals surface area contributed by atoms with Crippen molar-refractivity contribution in [1.29, 1.82) is 0 Å². The van der Waals surface area contributed by atoms with E-state index < -0.39 is 6.10 Å². The number of aromatic nitrogens is 4. The summed E-state index contributed by atoms with van der Waals surface area (Å²) in [7, 11) is 0. The Morgan fingerprint density at radius 2 is 1.85 bits per heavy atom. The molecule has 26 heavy (non-hydrogen) atoms. The van der Waals surface area contributed by atoms with Crippen LogP contribution in [0.4, 0.5) is 0 Å². The summed E-state index contributed by atoms with van der Waals surface area (Å²) in [5.41, 5.74) is 2.07. The molecule has 0 aliphatic carbocycles. The zero-order valence-corrected chi connectivity index (χ0v) is 16.3. The highest BCUT2D eigenvalue weighted by Crippen LogP contribution is 2.19. The number of β-amino-alcohol motifs (C(OH)–C–C–N with tert-alkyl or cyclic N) is 1. The quantitative estimate of drug-likeness (QED) is 0.649. The standard InChI is InChI=1S/C16H25N7O.2ClH/c24-14(11-21-5-1-17-2-6-21)12-22-7-4-19-16(22)15-9-13-10-18-3-8-23(13)20-15;;/h4,7,9,14,17-18,24H,1-3,5-6,8,10-12H2;2*1H. The number of nitrogens with zero attached hydrogens (tertiary/aromatic N) is 5. The van der Waals surface area contributed by atoms with Crippen molar-refractivity contribution >= 4 is 24.8 Å². The third kappa shape index (κ3) is 4.76. The molecule has 3 N–H and O–H groups in total. The van der Waals surface area contributed by atoms with Crippen LogP contribution in [-0.4, -0.2) is 74.7 Å². The Morgan fingerprint density at radius 1 is 1.08 bits per heavy atom. The number of aliphatic hydroxyl groups is 1. The molecule has 0 amide bonds. The highest BCUT2D eigenvalue weighted by molar-refractivity contribution is 5.85. The van der Waals surface area contributed by atoms with E-state index in [0.717, 1.165) is 57.3 Å². The van der Waals surface area contributed by atoms with Crippen molar-refractivity contribution in [2.45, 2.75) is 25.7 Å². The number of nitrogens with one attached hydrogen (secondary N) is 2. The molecule has 1 fully saturated rings. The second kappa shape index (κ2) is 9.68. The average molecular weight is 404 g/mol. The van der Waals surface area contributed by atoms with Crippen LogP contribution in [0.25, 0.3) is 11.5 Å². The zero-order chi connectivity index (χ0) is 16.4. The Balaban J connectivity index is 0.00000121. The molecule has 2 aromatic heterocycles. The van der Waals surface area contributed by atoms with Gasteiger partial charge in [-0.15, -0.1) is 24.8 Å². The van der Waals surface area contributed by atoms with Crippen LogP contribution >= 0.6 is 24.8 Å². The molecule has 8 nitrogen and oxygen atoms in total. The van der Waals surface area contributed by atoms with Gasteiger partial charge in [0, 0.05) is 58.2 Å². The number of hydrogen-bond donors (Lipinski definition) is 3. The molecule has 10 heteroatoms. The maximum absolute atomic E-state index is 10.5. The van der Waals surface area contributed by atoms with E-state index >= 15 is 0 Å². The number of hydrogen-bond acceptors (Lipinski definition) is 6. The number of imidazole rings is 1. The summed E-state index contributed by atoms with van der Waals surface area (Å²) >= 11 is 0. The first kappa shape index (κ1) is 21.1. The van der Waals surface area contributed by atoms with Crippen LogP contribution in [0, 0.1) is 0 Å². The van der Waals surface area contributed by atoms with Gasteiger partial charge in [0.2, 0.25) is 0 Å². The minimum absolute atomic E-state index is 0. The second-order valence-corrected chi connectivity index (χ2v) is 6.53. The first-order valence-electron chi connectivity index (χ1n) is 8.70. The molecule has 0 saturated carbocycles.